The summed E-state index contributed by atoms with van der Waals surface area (Å²) in [6.45, 7) is 3.10. The number of carbonyl (C=O) groups excluding carboxylic acids is 1. The van der Waals surface area contributed by atoms with E-state index in [0.717, 1.165) is 31.4 Å². The first-order chi connectivity index (χ1) is 13.6. The van der Waals surface area contributed by atoms with Crippen molar-refractivity contribution >= 4 is 5.91 Å². The summed E-state index contributed by atoms with van der Waals surface area (Å²) in [5, 5.41) is 6.64. The average Bonchev–Trinajstić information content (AvgIpc) is 3.21. The Labute approximate surface area is 167 Å². The largest absolute Gasteiger partial charge is 0.493 e. The van der Waals surface area contributed by atoms with Gasteiger partial charge in [-0.3, -0.25) is 4.79 Å². The fraction of sp³-hybridized carbons (Fsp3) is 0.435. The number of amides is 1. The van der Waals surface area contributed by atoms with Crippen LogP contribution in [0.2, 0.25) is 0 Å². The zero-order chi connectivity index (χ0) is 19.9. The van der Waals surface area contributed by atoms with Crippen LogP contribution in [0.25, 0.3) is 0 Å². The number of rotatable bonds is 8. The highest BCUT2D eigenvalue weighted by molar-refractivity contribution is 5.77. The van der Waals surface area contributed by atoms with Crippen molar-refractivity contribution in [1.29, 1.82) is 0 Å². The van der Waals surface area contributed by atoms with Crippen LogP contribution in [-0.4, -0.2) is 32.7 Å². The summed E-state index contributed by atoms with van der Waals surface area (Å²) in [6, 6.07) is 14.3. The predicted octanol–water partition coefficient (Wildman–Crippen LogP) is 3.55. The van der Waals surface area contributed by atoms with Crippen molar-refractivity contribution < 1.29 is 14.3 Å². The monoisotopic (exact) mass is 382 g/mol. The SMILES string of the molecule is COc1ccc(C(Cc2ccccc2C)NC(=O)CC2CCCN2)cc1OC. The molecule has 0 bridgehead atoms. The molecular weight excluding hydrogens is 352 g/mol. The van der Waals surface area contributed by atoms with E-state index < -0.39 is 0 Å². The highest BCUT2D eigenvalue weighted by atomic mass is 16.5. The number of benzene rings is 2. The van der Waals surface area contributed by atoms with Crippen molar-refractivity contribution in [1.82, 2.24) is 10.6 Å². The number of carbonyl (C=O) groups is 1. The van der Waals surface area contributed by atoms with Crippen LogP contribution >= 0.6 is 0 Å². The first-order valence-corrected chi connectivity index (χ1v) is 9.90. The molecule has 1 saturated heterocycles. The molecule has 2 N–H and O–H groups in total. The van der Waals surface area contributed by atoms with Gasteiger partial charge in [-0.1, -0.05) is 30.3 Å². The van der Waals surface area contributed by atoms with E-state index in [9.17, 15) is 4.79 Å². The normalized spacial score (nSPS) is 17.2. The molecular formula is C23H30N2O3. The maximum absolute atomic E-state index is 12.7. The quantitative estimate of drug-likeness (QED) is 0.733. The van der Waals surface area contributed by atoms with E-state index in [0.29, 0.717) is 17.9 Å². The molecule has 0 aliphatic carbocycles. The minimum Gasteiger partial charge on any atom is -0.493 e. The van der Waals surface area contributed by atoms with Crippen LogP contribution in [0, 0.1) is 6.92 Å². The zero-order valence-corrected chi connectivity index (χ0v) is 17.0. The third kappa shape index (κ3) is 5.04. The van der Waals surface area contributed by atoms with Crippen LogP contribution in [0.1, 0.15) is 42.0 Å². The third-order valence-corrected chi connectivity index (χ3v) is 5.42. The summed E-state index contributed by atoms with van der Waals surface area (Å²) in [5.74, 6) is 1.43. The first kappa shape index (κ1) is 20.2. The van der Waals surface area contributed by atoms with E-state index in [4.69, 9.17) is 9.47 Å². The molecule has 1 aliphatic rings. The predicted molar refractivity (Wildman–Crippen MR) is 111 cm³/mol. The van der Waals surface area contributed by atoms with Gasteiger partial charge in [0.2, 0.25) is 5.91 Å². The van der Waals surface area contributed by atoms with Crippen molar-refractivity contribution in [3.8, 4) is 11.5 Å². The van der Waals surface area contributed by atoms with Crippen LogP contribution in [0.15, 0.2) is 42.5 Å². The molecule has 0 saturated carbocycles. The Balaban J connectivity index is 1.83. The van der Waals surface area contributed by atoms with Gasteiger partial charge in [-0.2, -0.15) is 0 Å². The molecule has 28 heavy (non-hydrogen) atoms. The molecule has 1 heterocycles. The Morgan fingerprint density at radius 3 is 2.64 bits per heavy atom. The van der Waals surface area contributed by atoms with Crippen molar-refractivity contribution in [2.24, 2.45) is 0 Å². The van der Waals surface area contributed by atoms with Crippen molar-refractivity contribution in [3.63, 3.8) is 0 Å². The van der Waals surface area contributed by atoms with Crippen molar-refractivity contribution in [3.05, 3.63) is 59.2 Å². The minimum absolute atomic E-state index is 0.0766. The van der Waals surface area contributed by atoms with Crippen LogP contribution in [-0.2, 0) is 11.2 Å². The second-order valence-electron chi connectivity index (χ2n) is 7.36. The van der Waals surface area contributed by atoms with Gasteiger partial charge in [0, 0.05) is 12.5 Å². The molecule has 0 spiro atoms. The molecule has 2 atom stereocenters. The molecule has 150 valence electrons. The Morgan fingerprint density at radius 1 is 1.18 bits per heavy atom. The summed E-state index contributed by atoms with van der Waals surface area (Å²) < 4.78 is 10.8. The maximum Gasteiger partial charge on any atom is 0.222 e. The number of nitrogens with one attached hydrogen (secondary N) is 2. The molecule has 5 heteroatoms. The van der Waals surface area contributed by atoms with Crippen LogP contribution < -0.4 is 20.1 Å². The summed E-state index contributed by atoms with van der Waals surface area (Å²) in [7, 11) is 3.25. The molecule has 0 aromatic heterocycles. The summed E-state index contributed by atoms with van der Waals surface area (Å²) in [5.41, 5.74) is 3.45. The van der Waals surface area contributed by atoms with Gasteiger partial charge in [0.05, 0.1) is 20.3 Å². The van der Waals surface area contributed by atoms with Crippen molar-refractivity contribution in [2.75, 3.05) is 20.8 Å². The smallest absolute Gasteiger partial charge is 0.222 e. The van der Waals surface area contributed by atoms with E-state index in [1.165, 1.54) is 11.1 Å². The number of ether oxygens (including phenoxy) is 2. The first-order valence-electron chi connectivity index (χ1n) is 9.90. The summed E-state index contributed by atoms with van der Waals surface area (Å²) >= 11 is 0. The van der Waals surface area contributed by atoms with Gasteiger partial charge < -0.3 is 20.1 Å². The summed E-state index contributed by atoms with van der Waals surface area (Å²) in [6.07, 6.45) is 3.44. The highest BCUT2D eigenvalue weighted by Crippen LogP contribution is 2.31. The summed E-state index contributed by atoms with van der Waals surface area (Å²) in [4.78, 5) is 12.7. The minimum atomic E-state index is -0.130. The lowest BCUT2D eigenvalue weighted by molar-refractivity contribution is -0.122. The van der Waals surface area contributed by atoms with Gasteiger partial charge in [-0.15, -0.1) is 0 Å². The zero-order valence-electron chi connectivity index (χ0n) is 17.0. The lowest BCUT2D eigenvalue weighted by atomic mass is 9.95. The molecule has 1 amide bonds. The van der Waals surface area contributed by atoms with Gasteiger partial charge in [-0.25, -0.2) is 0 Å². The Bertz CT molecular complexity index is 800. The molecule has 1 aliphatic heterocycles. The molecule has 2 unspecified atom stereocenters. The fourth-order valence-electron chi connectivity index (χ4n) is 3.79. The van der Waals surface area contributed by atoms with E-state index in [-0.39, 0.29) is 18.0 Å². The van der Waals surface area contributed by atoms with Gasteiger partial charge in [0.25, 0.3) is 0 Å². The van der Waals surface area contributed by atoms with Gasteiger partial charge >= 0.3 is 0 Å². The van der Waals surface area contributed by atoms with E-state index in [1.54, 1.807) is 14.2 Å². The van der Waals surface area contributed by atoms with Gasteiger partial charge in [0.15, 0.2) is 11.5 Å². The maximum atomic E-state index is 12.7. The van der Waals surface area contributed by atoms with Gasteiger partial charge in [-0.05, 0) is 61.6 Å². The second kappa shape index (κ2) is 9.60. The number of hydrogen-bond acceptors (Lipinski definition) is 4. The third-order valence-electron chi connectivity index (χ3n) is 5.42. The Hall–Kier alpha value is -2.53. The van der Waals surface area contributed by atoms with Gasteiger partial charge in [0.1, 0.15) is 0 Å². The number of aryl methyl sites for hydroxylation is 1. The van der Waals surface area contributed by atoms with Crippen LogP contribution in [0.5, 0.6) is 11.5 Å². The number of methoxy groups -OCH3 is 2. The standard InChI is InChI=1S/C23H30N2O3/c1-16-7-4-5-8-17(16)13-20(25-23(26)15-19-9-6-12-24-19)18-10-11-21(27-2)22(14-18)28-3/h4-5,7-8,10-11,14,19-20,24H,6,9,12-13,15H2,1-3H3,(H,25,26). The lowest BCUT2D eigenvalue weighted by Crippen LogP contribution is -2.35. The average molecular weight is 383 g/mol. The molecule has 1 fully saturated rings. The Morgan fingerprint density at radius 2 is 1.96 bits per heavy atom. The van der Waals surface area contributed by atoms with Crippen LogP contribution in [0.4, 0.5) is 0 Å². The molecule has 3 rings (SSSR count). The van der Waals surface area contributed by atoms with E-state index >= 15 is 0 Å². The second-order valence-corrected chi connectivity index (χ2v) is 7.36. The van der Waals surface area contributed by atoms with E-state index in [2.05, 4.69) is 29.7 Å². The highest BCUT2D eigenvalue weighted by Gasteiger charge is 2.22. The molecule has 2 aromatic carbocycles. The topological polar surface area (TPSA) is 59.6 Å². The molecule has 0 radical (unpaired) electrons. The number of hydrogen-bond donors (Lipinski definition) is 2. The Kier molecular flexibility index (Phi) is 6.93. The van der Waals surface area contributed by atoms with Crippen LogP contribution in [0.3, 0.4) is 0 Å². The lowest BCUT2D eigenvalue weighted by Gasteiger charge is -2.22. The molecule has 5 nitrogen and oxygen atoms in total. The molecule has 2 aromatic rings. The van der Waals surface area contributed by atoms with E-state index in [1.807, 2.05) is 30.3 Å². The fourth-order valence-corrected chi connectivity index (χ4v) is 3.79. The van der Waals surface area contributed by atoms with Crippen molar-refractivity contribution in [2.45, 2.75) is 44.7 Å².